The summed E-state index contributed by atoms with van der Waals surface area (Å²) in [7, 11) is 0. The topological polar surface area (TPSA) is 78.9 Å². The highest BCUT2D eigenvalue weighted by Gasteiger charge is 2.19. The lowest BCUT2D eigenvalue weighted by Gasteiger charge is -2.18. The van der Waals surface area contributed by atoms with Gasteiger partial charge in [-0.15, -0.1) is 0 Å². The standard InChI is InChI=1S/C57H98O6/c1-4-7-10-13-16-19-22-25-27-28-30-32-35-38-41-44-47-50-56(59)62-53-54(52-61-55(58)49-46-43-40-37-34-31-24-21-18-15-12-9-6-3)63-57(60)51-48-45-42-39-36-33-29-26-23-20-17-14-11-8-5-2/h9,12,16,18-19,21,25,27,31,34,40,43,54H,4-8,10-11,13-15,17,20,22-24,26,28-30,32-33,35-39,41-42,44-53H2,1-3H3/b12-9-,19-16-,21-18-,27-25-,34-31-,43-40-. The predicted octanol–water partition coefficient (Wildman–Crippen LogP) is 17.4. The lowest BCUT2D eigenvalue weighted by atomic mass is 10.0. The van der Waals surface area contributed by atoms with Crippen LogP contribution in [-0.2, 0) is 28.6 Å². The molecule has 0 N–H and O–H groups in total. The third kappa shape index (κ3) is 49.7. The van der Waals surface area contributed by atoms with Gasteiger partial charge in [-0.25, -0.2) is 0 Å². The van der Waals surface area contributed by atoms with E-state index >= 15 is 0 Å². The Hall–Kier alpha value is -3.15. The van der Waals surface area contributed by atoms with E-state index in [1.54, 1.807) is 0 Å². The van der Waals surface area contributed by atoms with Crippen molar-refractivity contribution in [3.8, 4) is 0 Å². The van der Waals surface area contributed by atoms with Crippen LogP contribution in [0.3, 0.4) is 0 Å². The number of carbonyl (C=O) groups is 3. The molecule has 6 nitrogen and oxygen atoms in total. The first-order valence-corrected chi connectivity index (χ1v) is 26.4. The normalized spacial score (nSPS) is 12.6. The number of esters is 3. The minimum absolute atomic E-state index is 0.0999. The molecule has 6 heteroatoms. The van der Waals surface area contributed by atoms with Crippen LogP contribution in [0.1, 0.15) is 252 Å². The Bertz CT molecular complexity index is 1190. The average molecular weight is 879 g/mol. The number of hydrogen-bond acceptors (Lipinski definition) is 6. The zero-order chi connectivity index (χ0) is 45.8. The molecular formula is C57H98O6. The highest BCUT2D eigenvalue weighted by atomic mass is 16.6. The van der Waals surface area contributed by atoms with Gasteiger partial charge in [0.05, 0.1) is 0 Å². The summed E-state index contributed by atoms with van der Waals surface area (Å²) in [6.07, 6.45) is 64.7. The van der Waals surface area contributed by atoms with Crippen molar-refractivity contribution in [2.24, 2.45) is 0 Å². The van der Waals surface area contributed by atoms with Gasteiger partial charge in [0.15, 0.2) is 6.10 Å². The fourth-order valence-electron chi connectivity index (χ4n) is 7.25. The van der Waals surface area contributed by atoms with E-state index in [9.17, 15) is 14.4 Å². The van der Waals surface area contributed by atoms with Gasteiger partial charge in [0.25, 0.3) is 0 Å². The van der Waals surface area contributed by atoms with Crippen molar-refractivity contribution in [1.82, 2.24) is 0 Å². The highest BCUT2D eigenvalue weighted by Crippen LogP contribution is 2.15. The van der Waals surface area contributed by atoms with Crippen molar-refractivity contribution < 1.29 is 28.6 Å². The molecule has 0 fully saturated rings. The molecule has 0 aromatic rings. The Morgan fingerprint density at radius 2 is 0.651 bits per heavy atom. The van der Waals surface area contributed by atoms with Crippen molar-refractivity contribution in [2.75, 3.05) is 13.2 Å². The minimum Gasteiger partial charge on any atom is -0.462 e. The van der Waals surface area contributed by atoms with Crippen LogP contribution < -0.4 is 0 Å². The number of rotatable bonds is 47. The van der Waals surface area contributed by atoms with E-state index in [0.29, 0.717) is 19.3 Å². The molecule has 0 aromatic heterocycles. The molecule has 0 aliphatic heterocycles. The second kappa shape index (κ2) is 51.5. The van der Waals surface area contributed by atoms with E-state index in [1.807, 2.05) is 6.08 Å². The molecule has 0 aliphatic rings. The highest BCUT2D eigenvalue weighted by molar-refractivity contribution is 5.71. The smallest absolute Gasteiger partial charge is 0.306 e. The summed E-state index contributed by atoms with van der Waals surface area (Å²) in [4.78, 5) is 38.0. The molecule has 0 amide bonds. The van der Waals surface area contributed by atoms with Crippen LogP contribution in [0.5, 0.6) is 0 Å². The zero-order valence-electron chi connectivity index (χ0n) is 41.3. The first-order valence-electron chi connectivity index (χ1n) is 26.4. The van der Waals surface area contributed by atoms with Crippen LogP contribution in [0.25, 0.3) is 0 Å². The Morgan fingerprint density at radius 3 is 1.10 bits per heavy atom. The molecule has 0 saturated carbocycles. The second-order valence-electron chi connectivity index (χ2n) is 17.4. The summed E-state index contributed by atoms with van der Waals surface area (Å²) in [5, 5.41) is 0. The number of allylic oxidation sites excluding steroid dienone is 12. The number of hydrogen-bond donors (Lipinski definition) is 0. The first kappa shape index (κ1) is 59.9. The Kier molecular flexibility index (Phi) is 48.9. The molecular weight excluding hydrogens is 781 g/mol. The van der Waals surface area contributed by atoms with Crippen molar-refractivity contribution >= 4 is 17.9 Å². The summed E-state index contributed by atoms with van der Waals surface area (Å²) in [6.45, 7) is 6.44. The number of ether oxygens (including phenoxy) is 3. The van der Waals surface area contributed by atoms with Gasteiger partial charge in [-0.3, -0.25) is 14.4 Å². The number of carbonyl (C=O) groups excluding carboxylic acids is 3. The van der Waals surface area contributed by atoms with Crippen LogP contribution >= 0.6 is 0 Å². The lowest BCUT2D eigenvalue weighted by molar-refractivity contribution is -0.166. The molecule has 0 aliphatic carbocycles. The largest absolute Gasteiger partial charge is 0.462 e. The summed E-state index contributed by atoms with van der Waals surface area (Å²) in [6, 6.07) is 0. The maximum atomic E-state index is 12.8. The second-order valence-corrected chi connectivity index (χ2v) is 17.4. The SMILES string of the molecule is CC/C=C\C/C=C\C/C=C\C/C=C\CCC(=O)OCC(COC(=O)CCCCCCCCC/C=C\C/C=C\CCCCC)OC(=O)CCCCCCCCCCCCCCCCC. The predicted molar refractivity (Wildman–Crippen MR) is 270 cm³/mol. The van der Waals surface area contributed by atoms with Gasteiger partial charge in [-0.2, -0.15) is 0 Å². The van der Waals surface area contributed by atoms with Gasteiger partial charge in [0.2, 0.25) is 0 Å². The maximum absolute atomic E-state index is 12.8. The number of unbranched alkanes of at least 4 members (excludes halogenated alkanes) is 24. The van der Waals surface area contributed by atoms with E-state index in [-0.39, 0.29) is 37.5 Å². The Labute approximate surface area is 389 Å². The van der Waals surface area contributed by atoms with E-state index < -0.39 is 6.10 Å². The van der Waals surface area contributed by atoms with Gasteiger partial charge in [0.1, 0.15) is 13.2 Å². The molecule has 0 saturated heterocycles. The molecule has 0 bridgehead atoms. The molecule has 63 heavy (non-hydrogen) atoms. The first-order chi connectivity index (χ1) is 31.0. The minimum atomic E-state index is -0.805. The molecule has 0 spiro atoms. The third-order valence-corrected chi connectivity index (χ3v) is 11.2. The zero-order valence-corrected chi connectivity index (χ0v) is 41.3. The van der Waals surface area contributed by atoms with Crippen molar-refractivity contribution in [2.45, 2.75) is 258 Å². The fourth-order valence-corrected chi connectivity index (χ4v) is 7.25. The molecule has 0 aromatic carbocycles. The van der Waals surface area contributed by atoms with E-state index in [2.05, 4.69) is 87.6 Å². The molecule has 362 valence electrons. The molecule has 0 heterocycles. The Balaban J connectivity index is 4.45. The molecule has 1 atom stereocenters. The van der Waals surface area contributed by atoms with Gasteiger partial charge in [0, 0.05) is 19.3 Å². The third-order valence-electron chi connectivity index (χ3n) is 11.2. The lowest BCUT2D eigenvalue weighted by Crippen LogP contribution is -2.30. The van der Waals surface area contributed by atoms with Crippen molar-refractivity contribution in [3.05, 3.63) is 72.9 Å². The summed E-state index contributed by atoms with van der Waals surface area (Å²) in [5.74, 6) is -0.987. The molecule has 0 radical (unpaired) electrons. The summed E-state index contributed by atoms with van der Waals surface area (Å²) in [5.41, 5.74) is 0. The van der Waals surface area contributed by atoms with Crippen LogP contribution in [0.15, 0.2) is 72.9 Å². The van der Waals surface area contributed by atoms with Crippen LogP contribution in [0.4, 0.5) is 0 Å². The Morgan fingerprint density at radius 1 is 0.333 bits per heavy atom. The molecule has 0 rings (SSSR count). The van der Waals surface area contributed by atoms with Gasteiger partial charge in [-0.1, -0.05) is 229 Å². The van der Waals surface area contributed by atoms with Gasteiger partial charge in [-0.05, 0) is 77.0 Å². The van der Waals surface area contributed by atoms with Crippen molar-refractivity contribution in [1.29, 1.82) is 0 Å². The van der Waals surface area contributed by atoms with E-state index in [0.717, 1.165) is 77.0 Å². The van der Waals surface area contributed by atoms with Crippen molar-refractivity contribution in [3.63, 3.8) is 0 Å². The van der Waals surface area contributed by atoms with E-state index in [1.165, 1.54) is 128 Å². The van der Waals surface area contributed by atoms with Gasteiger partial charge < -0.3 is 14.2 Å². The average Bonchev–Trinajstić information content (AvgIpc) is 3.28. The van der Waals surface area contributed by atoms with E-state index in [4.69, 9.17) is 14.2 Å². The summed E-state index contributed by atoms with van der Waals surface area (Å²) < 4.78 is 16.7. The fraction of sp³-hybridized carbons (Fsp3) is 0.737. The van der Waals surface area contributed by atoms with Crippen LogP contribution in [0, 0.1) is 0 Å². The summed E-state index contributed by atoms with van der Waals surface area (Å²) >= 11 is 0. The quantitative estimate of drug-likeness (QED) is 0.0262. The van der Waals surface area contributed by atoms with Crippen LogP contribution in [-0.4, -0.2) is 37.2 Å². The maximum Gasteiger partial charge on any atom is 0.306 e. The van der Waals surface area contributed by atoms with Crippen LogP contribution in [0.2, 0.25) is 0 Å². The van der Waals surface area contributed by atoms with Gasteiger partial charge >= 0.3 is 17.9 Å². The molecule has 1 unspecified atom stereocenters. The monoisotopic (exact) mass is 879 g/mol.